The smallest absolute Gasteiger partial charge is 0.257 e. The summed E-state index contributed by atoms with van der Waals surface area (Å²) in [6.45, 7) is 3.09. The number of piperidine rings is 1. The van der Waals surface area contributed by atoms with Gasteiger partial charge in [-0.1, -0.05) is 24.6 Å². The van der Waals surface area contributed by atoms with Gasteiger partial charge in [0.2, 0.25) is 0 Å². The molecule has 2 rings (SSSR count). The van der Waals surface area contributed by atoms with E-state index < -0.39 is 5.82 Å². The Kier molecular flexibility index (Phi) is 4.42. The van der Waals surface area contributed by atoms with Crippen molar-refractivity contribution in [3.05, 3.63) is 34.6 Å². The van der Waals surface area contributed by atoms with E-state index in [2.05, 4.69) is 6.92 Å². The fourth-order valence-electron chi connectivity index (χ4n) is 2.68. The number of benzene rings is 1. The predicted octanol–water partition coefficient (Wildman–Crippen LogP) is 2.68. The summed E-state index contributed by atoms with van der Waals surface area (Å²) in [4.78, 5) is 14.1. The number of hydrogen-bond donors (Lipinski definition) is 1. The molecule has 1 aliphatic heterocycles. The lowest BCUT2D eigenvalue weighted by molar-refractivity contribution is 0.0528. The summed E-state index contributed by atoms with van der Waals surface area (Å²) in [6.07, 6.45) is 1.97. The summed E-state index contributed by atoms with van der Waals surface area (Å²) in [6, 6.07) is 4.46. The van der Waals surface area contributed by atoms with Crippen LogP contribution in [0.1, 0.15) is 30.1 Å². The number of amides is 1. The molecular formula is C14H18ClFN2O. The second kappa shape index (κ2) is 5.88. The molecule has 0 aliphatic carbocycles. The van der Waals surface area contributed by atoms with Crippen LogP contribution >= 0.6 is 11.6 Å². The van der Waals surface area contributed by atoms with Gasteiger partial charge in [0.15, 0.2) is 5.82 Å². The van der Waals surface area contributed by atoms with Crippen molar-refractivity contribution in [2.24, 2.45) is 11.7 Å². The molecule has 1 heterocycles. The fourth-order valence-corrected chi connectivity index (χ4v) is 2.86. The van der Waals surface area contributed by atoms with Crippen LogP contribution in [0.15, 0.2) is 18.2 Å². The lowest BCUT2D eigenvalue weighted by Crippen LogP contribution is -2.51. The molecular weight excluding hydrogens is 267 g/mol. The quantitative estimate of drug-likeness (QED) is 0.907. The van der Waals surface area contributed by atoms with Gasteiger partial charge in [-0.3, -0.25) is 4.79 Å². The Balaban J connectivity index is 2.29. The van der Waals surface area contributed by atoms with Gasteiger partial charge in [0.25, 0.3) is 5.91 Å². The molecule has 19 heavy (non-hydrogen) atoms. The van der Waals surface area contributed by atoms with Crippen molar-refractivity contribution < 1.29 is 9.18 Å². The standard InChI is InChI=1S/C14H18ClFN2O/c1-9-4-3-7-18(12(9)8-17)14(19)10-5-2-6-11(15)13(10)16/h2,5-6,9,12H,3-4,7-8,17H2,1H3. The summed E-state index contributed by atoms with van der Waals surface area (Å²) in [7, 11) is 0. The summed E-state index contributed by atoms with van der Waals surface area (Å²) in [5.74, 6) is -0.630. The van der Waals surface area contributed by atoms with Gasteiger partial charge < -0.3 is 10.6 Å². The Hall–Kier alpha value is -1.13. The van der Waals surface area contributed by atoms with Crippen molar-refractivity contribution >= 4 is 17.5 Å². The molecule has 0 radical (unpaired) electrons. The van der Waals surface area contributed by atoms with E-state index in [9.17, 15) is 9.18 Å². The summed E-state index contributed by atoms with van der Waals surface area (Å²) >= 11 is 5.73. The zero-order valence-electron chi connectivity index (χ0n) is 10.9. The van der Waals surface area contributed by atoms with E-state index in [1.54, 1.807) is 11.0 Å². The van der Waals surface area contributed by atoms with Crippen LogP contribution in [-0.4, -0.2) is 29.9 Å². The number of hydrogen-bond acceptors (Lipinski definition) is 2. The second-order valence-electron chi connectivity index (χ2n) is 5.02. The Morgan fingerprint density at radius 2 is 2.32 bits per heavy atom. The first-order chi connectivity index (χ1) is 9.06. The maximum absolute atomic E-state index is 13.9. The number of likely N-dealkylation sites (tertiary alicyclic amines) is 1. The van der Waals surface area contributed by atoms with Gasteiger partial charge >= 0.3 is 0 Å². The zero-order chi connectivity index (χ0) is 14.0. The normalized spacial score (nSPS) is 23.5. The van der Waals surface area contributed by atoms with Gasteiger partial charge in [0.1, 0.15) is 0 Å². The first kappa shape index (κ1) is 14.3. The summed E-state index contributed by atoms with van der Waals surface area (Å²) in [5, 5.41) is -0.0276. The molecule has 2 atom stereocenters. The highest BCUT2D eigenvalue weighted by Gasteiger charge is 2.32. The molecule has 1 saturated heterocycles. The van der Waals surface area contributed by atoms with E-state index in [1.807, 2.05) is 0 Å². The van der Waals surface area contributed by atoms with Gasteiger partial charge in [-0.2, -0.15) is 0 Å². The molecule has 5 heteroatoms. The predicted molar refractivity (Wildman–Crippen MR) is 73.7 cm³/mol. The average molecular weight is 285 g/mol. The third-order valence-corrected chi connectivity index (χ3v) is 4.09. The van der Waals surface area contributed by atoms with Crippen molar-refractivity contribution in [1.82, 2.24) is 4.90 Å². The van der Waals surface area contributed by atoms with Crippen molar-refractivity contribution in [2.45, 2.75) is 25.8 Å². The van der Waals surface area contributed by atoms with Crippen LogP contribution < -0.4 is 5.73 Å². The largest absolute Gasteiger partial charge is 0.334 e. The van der Waals surface area contributed by atoms with E-state index >= 15 is 0 Å². The molecule has 1 aliphatic rings. The molecule has 104 valence electrons. The molecule has 1 fully saturated rings. The van der Waals surface area contributed by atoms with Gasteiger partial charge in [0.05, 0.1) is 10.6 Å². The first-order valence-corrected chi connectivity index (χ1v) is 6.89. The number of carbonyl (C=O) groups excluding carboxylic acids is 1. The molecule has 1 amide bonds. The van der Waals surface area contributed by atoms with Crippen LogP contribution in [-0.2, 0) is 0 Å². The van der Waals surface area contributed by atoms with Crippen molar-refractivity contribution in [2.75, 3.05) is 13.1 Å². The molecule has 3 nitrogen and oxygen atoms in total. The average Bonchev–Trinajstić information content (AvgIpc) is 2.41. The Morgan fingerprint density at radius 1 is 1.58 bits per heavy atom. The number of halogens is 2. The molecule has 0 spiro atoms. The minimum atomic E-state index is -0.650. The van der Waals surface area contributed by atoms with Crippen molar-refractivity contribution in [3.8, 4) is 0 Å². The first-order valence-electron chi connectivity index (χ1n) is 6.51. The third kappa shape index (κ3) is 2.74. The molecule has 0 aromatic heterocycles. The lowest BCUT2D eigenvalue weighted by Gasteiger charge is -2.39. The molecule has 2 unspecified atom stereocenters. The van der Waals surface area contributed by atoms with Crippen LogP contribution in [0.4, 0.5) is 4.39 Å². The lowest BCUT2D eigenvalue weighted by atomic mass is 9.90. The van der Waals surface area contributed by atoms with Gasteiger partial charge in [0, 0.05) is 19.1 Å². The highest BCUT2D eigenvalue weighted by atomic mass is 35.5. The van der Waals surface area contributed by atoms with Crippen LogP contribution in [0.5, 0.6) is 0 Å². The van der Waals surface area contributed by atoms with Crippen molar-refractivity contribution in [1.29, 1.82) is 0 Å². The van der Waals surface area contributed by atoms with Gasteiger partial charge in [-0.05, 0) is 30.9 Å². The maximum Gasteiger partial charge on any atom is 0.257 e. The number of carbonyl (C=O) groups is 1. The van der Waals surface area contributed by atoms with E-state index in [0.717, 1.165) is 12.8 Å². The Morgan fingerprint density at radius 3 is 3.00 bits per heavy atom. The van der Waals surface area contributed by atoms with Gasteiger partial charge in [-0.25, -0.2) is 4.39 Å². The molecule has 0 bridgehead atoms. The van der Waals surface area contributed by atoms with E-state index in [-0.39, 0.29) is 22.5 Å². The number of nitrogens with two attached hydrogens (primary N) is 1. The monoisotopic (exact) mass is 284 g/mol. The topological polar surface area (TPSA) is 46.3 Å². The minimum Gasteiger partial charge on any atom is -0.334 e. The second-order valence-corrected chi connectivity index (χ2v) is 5.43. The van der Waals surface area contributed by atoms with Crippen LogP contribution in [0, 0.1) is 11.7 Å². The van der Waals surface area contributed by atoms with Crippen LogP contribution in [0.3, 0.4) is 0 Å². The third-order valence-electron chi connectivity index (χ3n) is 3.80. The van der Waals surface area contributed by atoms with Crippen LogP contribution in [0.2, 0.25) is 5.02 Å². The molecule has 0 saturated carbocycles. The van der Waals surface area contributed by atoms with E-state index in [1.165, 1.54) is 12.1 Å². The van der Waals surface area contributed by atoms with E-state index in [0.29, 0.717) is 19.0 Å². The Bertz CT molecular complexity index is 481. The molecule has 1 aromatic rings. The van der Waals surface area contributed by atoms with Gasteiger partial charge in [-0.15, -0.1) is 0 Å². The summed E-state index contributed by atoms with van der Waals surface area (Å²) in [5.41, 5.74) is 5.78. The summed E-state index contributed by atoms with van der Waals surface area (Å²) < 4.78 is 13.9. The highest BCUT2D eigenvalue weighted by molar-refractivity contribution is 6.31. The van der Waals surface area contributed by atoms with Crippen LogP contribution in [0.25, 0.3) is 0 Å². The minimum absolute atomic E-state index is 0.0276. The number of rotatable bonds is 2. The van der Waals surface area contributed by atoms with Crippen molar-refractivity contribution in [3.63, 3.8) is 0 Å². The molecule has 1 aromatic carbocycles. The zero-order valence-corrected chi connectivity index (χ0v) is 11.7. The van der Waals surface area contributed by atoms with E-state index in [4.69, 9.17) is 17.3 Å². The maximum atomic E-state index is 13.9. The highest BCUT2D eigenvalue weighted by Crippen LogP contribution is 2.26. The number of nitrogens with zero attached hydrogens (tertiary/aromatic N) is 1. The molecule has 2 N–H and O–H groups in total. The fraction of sp³-hybridized carbons (Fsp3) is 0.500. The SMILES string of the molecule is CC1CCCN(C(=O)c2cccc(Cl)c2F)C1CN. The Labute approximate surface area is 117 Å².